The number of carbonyl (C=O) groups is 1. The highest BCUT2D eigenvalue weighted by Crippen LogP contribution is 2.31. The van der Waals surface area contributed by atoms with E-state index in [1.807, 2.05) is 18.7 Å². The van der Waals surface area contributed by atoms with E-state index in [2.05, 4.69) is 15.3 Å². The first-order valence-corrected chi connectivity index (χ1v) is 11.8. The standard InChI is InChI=1S/C25H28FN5O4/c1-14(2)31(16-8-9-16)24(33)21-20(34-13-35-21)12-28-25-27-11-15-10-18(17-6-4-5-7-19(17)26)23(32)30(3)22(15)29-25/h4-7,10-11,14,16,20-21H,8-9,12-13H2,1-3H3,(H,27,28,29)/t20-,21+/m0/s1. The number of carbonyl (C=O) groups excluding carboxylic acids is 1. The summed E-state index contributed by atoms with van der Waals surface area (Å²) in [5.74, 6) is -0.242. The van der Waals surface area contributed by atoms with Crippen LogP contribution in [0.1, 0.15) is 26.7 Å². The first-order valence-electron chi connectivity index (χ1n) is 11.8. The SMILES string of the molecule is CC(C)N(C(=O)[C@@H]1OCO[C@H]1CNc1ncc2cc(-c3ccccc3F)c(=O)n(C)c2n1)C1CC1. The number of hydrogen-bond donors (Lipinski definition) is 1. The first kappa shape index (κ1) is 23.4. The van der Waals surface area contributed by atoms with Gasteiger partial charge in [-0.1, -0.05) is 18.2 Å². The van der Waals surface area contributed by atoms with Crippen LogP contribution >= 0.6 is 0 Å². The lowest BCUT2D eigenvalue weighted by molar-refractivity contribution is -0.143. The van der Waals surface area contributed by atoms with Crippen molar-refractivity contribution >= 4 is 22.9 Å². The largest absolute Gasteiger partial charge is 0.351 e. The molecule has 0 bridgehead atoms. The van der Waals surface area contributed by atoms with E-state index < -0.39 is 18.0 Å². The second-order valence-electron chi connectivity index (χ2n) is 9.24. The number of aryl methyl sites for hydroxylation is 1. The molecule has 1 amide bonds. The fourth-order valence-corrected chi connectivity index (χ4v) is 4.54. The molecule has 5 rings (SSSR count). The predicted octanol–water partition coefficient (Wildman–Crippen LogP) is 2.69. The van der Waals surface area contributed by atoms with Gasteiger partial charge in [-0.15, -0.1) is 0 Å². The zero-order chi connectivity index (χ0) is 24.7. The molecule has 2 aromatic heterocycles. The third kappa shape index (κ3) is 4.51. The van der Waals surface area contributed by atoms with E-state index in [1.54, 1.807) is 37.5 Å². The minimum atomic E-state index is -0.696. The van der Waals surface area contributed by atoms with E-state index in [9.17, 15) is 14.0 Å². The summed E-state index contributed by atoms with van der Waals surface area (Å²) in [6, 6.07) is 8.12. The van der Waals surface area contributed by atoms with Gasteiger partial charge >= 0.3 is 0 Å². The van der Waals surface area contributed by atoms with Crippen molar-refractivity contribution in [2.24, 2.45) is 7.05 Å². The van der Waals surface area contributed by atoms with Crippen molar-refractivity contribution in [2.75, 3.05) is 18.7 Å². The van der Waals surface area contributed by atoms with E-state index in [0.717, 1.165) is 12.8 Å². The molecule has 184 valence electrons. The van der Waals surface area contributed by atoms with Gasteiger partial charge in [-0.05, 0) is 38.8 Å². The number of aromatic nitrogens is 3. The van der Waals surface area contributed by atoms with Gasteiger partial charge in [0.2, 0.25) is 5.95 Å². The van der Waals surface area contributed by atoms with E-state index in [4.69, 9.17) is 9.47 Å². The molecule has 3 heterocycles. The lowest BCUT2D eigenvalue weighted by Crippen LogP contribution is -2.49. The summed E-state index contributed by atoms with van der Waals surface area (Å²) < 4.78 is 27.0. The van der Waals surface area contributed by atoms with Crippen LogP contribution < -0.4 is 10.9 Å². The quantitative estimate of drug-likeness (QED) is 0.554. The molecule has 35 heavy (non-hydrogen) atoms. The number of anilines is 1. The second-order valence-corrected chi connectivity index (χ2v) is 9.24. The Kier molecular flexibility index (Phi) is 6.24. The minimum Gasteiger partial charge on any atom is -0.351 e. The van der Waals surface area contributed by atoms with Crippen molar-refractivity contribution in [1.29, 1.82) is 0 Å². The molecule has 1 aliphatic heterocycles. The van der Waals surface area contributed by atoms with Crippen LogP contribution in [0.25, 0.3) is 22.2 Å². The van der Waals surface area contributed by atoms with Crippen molar-refractivity contribution < 1.29 is 18.7 Å². The van der Waals surface area contributed by atoms with Crippen molar-refractivity contribution in [3.05, 3.63) is 52.7 Å². The van der Waals surface area contributed by atoms with Gasteiger partial charge in [-0.25, -0.2) is 9.37 Å². The molecule has 9 nitrogen and oxygen atoms in total. The van der Waals surface area contributed by atoms with Crippen LogP contribution in [0.4, 0.5) is 10.3 Å². The van der Waals surface area contributed by atoms with Crippen LogP contribution in [0.5, 0.6) is 0 Å². The smallest absolute Gasteiger partial charge is 0.259 e. The van der Waals surface area contributed by atoms with E-state index in [0.29, 0.717) is 11.0 Å². The molecule has 0 spiro atoms. The Morgan fingerprint density at radius 3 is 2.74 bits per heavy atom. The number of pyridine rings is 1. The topological polar surface area (TPSA) is 98.6 Å². The van der Waals surface area contributed by atoms with Gasteiger partial charge in [0.15, 0.2) is 6.10 Å². The molecule has 2 aliphatic rings. The summed E-state index contributed by atoms with van der Waals surface area (Å²) in [5.41, 5.74) is 0.515. The molecule has 1 saturated carbocycles. The number of hydrogen-bond acceptors (Lipinski definition) is 7. The molecule has 0 radical (unpaired) electrons. The maximum Gasteiger partial charge on any atom is 0.259 e. The number of halogens is 1. The van der Waals surface area contributed by atoms with Crippen LogP contribution in [0.15, 0.2) is 41.3 Å². The van der Waals surface area contributed by atoms with Crippen molar-refractivity contribution in [2.45, 2.75) is 51.0 Å². The fourth-order valence-electron chi connectivity index (χ4n) is 4.54. The van der Waals surface area contributed by atoms with E-state index in [-0.39, 0.29) is 54.0 Å². The summed E-state index contributed by atoms with van der Waals surface area (Å²) >= 11 is 0. The molecule has 0 unspecified atom stereocenters. The third-order valence-electron chi connectivity index (χ3n) is 6.44. The van der Waals surface area contributed by atoms with Gasteiger partial charge in [0.1, 0.15) is 24.4 Å². The lowest BCUT2D eigenvalue weighted by atomic mass is 10.1. The molecule has 2 atom stereocenters. The molecule has 1 N–H and O–H groups in total. The Morgan fingerprint density at radius 1 is 1.26 bits per heavy atom. The fraction of sp³-hybridized carbons (Fsp3) is 0.440. The minimum absolute atomic E-state index is 0.0469. The number of amides is 1. The highest BCUT2D eigenvalue weighted by atomic mass is 19.1. The Labute approximate surface area is 201 Å². The van der Waals surface area contributed by atoms with Crippen molar-refractivity contribution in [1.82, 2.24) is 19.4 Å². The average Bonchev–Trinajstić information content (AvgIpc) is 3.55. The summed E-state index contributed by atoms with van der Waals surface area (Å²) in [7, 11) is 1.59. The monoisotopic (exact) mass is 481 g/mol. The predicted molar refractivity (Wildman–Crippen MR) is 128 cm³/mol. The number of nitrogens with zero attached hydrogens (tertiary/aromatic N) is 4. The Balaban J connectivity index is 1.35. The van der Waals surface area contributed by atoms with Crippen molar-refractivity contribution in [3.63, 3.8) is 0 Å². The highest BCUT2D eigenvalue weighted by Gasteiger charge is 2.43. The highest BCUT2D eigenvalue weighted by molar-refractivity contribution is 5.83. The van der Waals surface area contributed by atoms with Crippen LogP contribution in [0.3, 0.4) is 0 Å². The van der Waals surface area contributed by atoms with Crippen molar-refractivity contribution in [3.8, 4) is 11.1 Å². The second kappa shape index (κ2) is 9.35. The molecule has 1 aliphatic carbocycles. The summed E-state index contributed by atoms with van der Waals surface area (Å²) in [4.78, 5) is 36.8. The normalized spacial score (nSPS) is 19.9. The molecule has 2 fully saturated rings. The molecule has 3 aromatic rings. The summed E-state index contributed by atoms with van der Waals surface area (Å²) in [5, 5.41) is 3.70. The third-order valence-corrected chi connectivity index (χ3v) is 6.44. The Hall–Kier alpha value is -3.37. The van der Waals surface area contributed by atoms with Gasteiger partial charge in [-0.3, -0.25) is 14.2 Å². The number of ether oxygens (including phenoxy) is 2. The molecule has 1 saturated heterocycles. The van der Waals surface area contributed by atoms with Crippen LogP contribution in [-0.2, 0) is 21.3 Å². The Morgan fingerprint density at radius 2 is 2.03 bits per heavy atom. The van der Waals surface area contributed by atoms with Gasteiger partial charge in [0.25, 0.3) is 11.5 Å². The lowest BCUT2D eigenvalue weighted by Gasteiger charge is -2.30. The molecule has 10 heteroatoms. The van der Waals surface area contributed by atoms with Crippen LogP contribution in [0.2, 0.25) is 0 Å². The van der Waals surface area contributed by atoms with E-state index >= 15 is 0 Å². The van der Waals surface area contributed by atoms with Gasteiger partial charge < -0.3 is 19.7 Å². The summed E-state index contributed by atoms with van der Waals surface area (Å²) in [6.07, 6.45) is 2.43. The number of benzene rings is 1. The zero-order valence-electron chi connectivity index (χ0n) is 19.9. The molecular formula is C25H28FN5O4. The van der Waals surface area contributed by atoms with E-state index in [1.165, 1.54) is 10.6 Å². The molecule has 1 aromatic carbocycles. The van der Waals surface area contributed by atoms with Gasteiger partial charge in [-0.2, -0.15) is 4.98 Å². The Bertz CT molecular complexity index is 1320. The zero-order valence-corrected chi connectivity index (χ0v) is 19.9. The summed E-state index contributed by atoms with van der Waals surface area (Å²) in [6.45, 7) is 4.32. The van der Waals surface area contributed by atoms with Crippen LogP contribution in [-0.4, -0.2) is 63.0 Å². The van der Waals surface area contributed by atoms with Gasteiger partial charge in [0, 0.05) is 42.8 Å². The maximum absolute atomic E-state index is 14.3. The average molecular weight is 482 g/mol. The number of fused-ring (bicyclic) bond motifs is 1. The number of nitrogens with one attached hydrogen (secondary N) is 1. The maximum atomic E-state index is 14.3. The van der Waals surface area contributed by atoms with Crippen LogP contribution in [0, 0.1) is 5.82 Å². The first-order chi connectivity index (χ1) is 16.8. The van der Waals surface area contributed by atoms with Gasteiger partial charge in [0.05, 0.1) is 5.56 Å². The number of rotatable bonds is 7. The molecular weight excluding hydrogens is 453 g/mol.